The van der Waals surface area contributed by atoms with Crippen molar-refractivity contribution in [2.24, 2.45) is 0 Å². The second-order valence-electron chi connectivity index (χ2n) is 4.04. The van der Waals surface area contributed by atoms with Gasteiger partial charge >= 0.3 is 6.09 Å². The van der Waals surface area contributed by atoms with E-state index in [-0.39, 0.29) is 18.5 Å². The molecule has 5 nitrogen and oxygen atoms in total. The van der Waals surface area contributed by atoms with Crippen LogP contribution in [-0.2, 0) is 14.2 Å². The average Bonchev–Trinajstić information content (AvgIpc) is 2.91. The minimum Gasteiger partial charge on any atom is -0.450 e. The van der Waals surface area contributed by atoms with Gasteiger partial charge in [0.25, 0.3) is 0 Å². The molecule has 2 fully saturated rings. The predicted molar refractivity (Wildman–Crippen MR) is 56.8 cm³/mol. The molecule has 2 atom stereocenters. The molecule has 0 bridgehead atoms. The summed E-state index contributed by atoms with van der Waals surface area (Å²) in [5.74, 6) is 0. The molecule has 0 aromatic heterocycles. The van der Waals surface area contributed by atoms with Crippen LogP contribution in [0.1, 0.15) is 32.6 Å². The number of rotatable bonds is 3. The van der Waals surface area contributed by atoms with Crippen molar-refractivity contribution < 1.29 is 19.0 Å². The maximum atomic E-state index is 11.9. The Balaban J connectivity index is 2.01. The molecule has 0 spiro atoms. The third-order valence-electron chi connectivity index (χ3n) is 2.91. The summed E-state index contributed by atoms with van der Waals surface area (Å²) in [6.45, 7) is 3.62. The third-order valence-corrected chi connectivity index (χ3v) is 2.91. The largest absolute Gasteiger partial charge is 0.450 e. The summed E-state index contributed by atoms with van der Waals surface area (Å²) in [6, 6.07) is 0. The monoisotopic (exact) mass is 229 g/mol. The topological polar surface area (TPSA) is 48.0 Å². The van der Waals surface area contributed by atoms with Crippen LogP contribution in [0.5, 0.6) is 0 Å². The van der Waals surface area contributed by atoms with Crippen molar-refractivity contribution in [1.82, 2.24) is 4.90 Å². The Morgan fingerprint density at radius 2 is 1.81 bits per heavy atom. The highest BCUT2D eigenvalue weighted by atomic mass is 16.6. The van der Waals surface area contributed by atoms with Crippen LogP contribution in [0.3, 0.4) is 0 Å². The quantitative estimate of drug-likeness (QED) is 0.739. The van der Waals surface area contributed by atoms with Crippen LogP contribution >= 0.6 is 0 Å². The average molecular weight is 229 g/mol. The molecular formula is C11H19NO4. The summed E-state index contributed by atoms with van der Waals surface area (Å²) in [5, 5.41) is 0. The van der Waals surface area contributed by atoms with Crippen molar-refractivity contribution >= 4 is 6.09 Å². The fourth-order valence-corrected chi connectivity index (χ4v) is 2.18. The normalized spacial score (nSPS) is 29.3. The van der Waals surface area contributed by atoms with Crippen molar-refractivity contribution in [3.8, 4) is 0 Å². The Bertz CT molecular complexity index is 218. The molecule has 5 heteroatoms. The maximum absolute atomic E-state index is 11.9. The summed E-state index contributed by atoms with van der Waals surface area (Å²) in [4.78, 5) is 13.5. The number of amides is 1. The van der Waals surface area contributed by atoms with Crippen LogP contribution in [0.2, 0.25) is 0 Å². The lowest BCUT2D eigenvalue weighted by Crippen LogP contribution is -2.47. The third kappa shape index (κ3) is 2.47. The predicted octanol–water partition coefficient (Wildman–Crippen LogP) is 1.72. The molecule has 0 saturated carbocycles. The minimum absolute atomic E-state index is 0.165. The van der Waals surface area contributed by atoms with Crippen molar-refractivity contribution in [2.45, 2.75) is 45.1 Å². The van der Waals surface area contributed by atoms with E-state index in [2.05, 4.69) is 0 Å². The van der Waals surface area contributed by atoms with E-state index >= 15 is 0 Å². The lowest BCUT2D eigenvalue weighted by molar-refractivity contribution is -0.102. The number of carbonyl (C=O) groups excluding carboxylic acids is 1. The first-order chi connectivity index (χ1) is 7.83. The summed E-state index contributed by atoms with van der Waals surface area (Å²) in [6.07, 6.45) is 3.09. The molecule has 0 aliphatic carbocycles. The first-order valence-electron chi connectivity index (χ1n) is 6.01. The number of hydrogen-bond acceptors (Lipinski definition) is 4. The van der Waals surface area contributed by atoms with Gasteiger partial charge in [-0.1, -0.05) is 0 Å². The molecule has 2 saturated heterocycles. The van der Waals surface area contributed by atoms with Crippen LogP contribution < -0.4 is 0 Å². The molecule has 16 heavy (non-hydrogen) atoms. The van der Waals surface area contributed by atoms with Gasteiger partial charge in [-0.15, -0.1) is 0 Å². The molecule has 2 rings (SSSR count). The van der Waals surface area contributed by atoms with Crippen molar-refractivity contribution in [3.63, 3.8) is 0 Å². The van der Waals surface area contributed by atoms with Gasteiger partial charge in [-0.05, 0) is 32.6 Å². The van der Waals surface area contributed by atoms with E-state index in [1.807, 2.05) is 0 Å². The van der Waals surface area contributed by atoms with Crippen molar-refractivity contribution in [3.05, 3.63) is 0 Å². The molecular weight excluding hydrogens is 210 g/mol. The van der Waals surface area contributed by atoms with E-state index in [1.165, 1.54) is 0 Å². The molecule has 2 aliphatic rings. The first-order valence-corrected chi connectivity index (χ1v) is 6.01. The standard InChI is InChI=1S/C11H19NO4/c1-2-14-11(13)12(9-5-3-7-15-9)10-6-4-8-16-10/h9-10H,2-8H2,1H3. The van der Waals surface area contributed by atoms with Crippen molar-refractivity contribution in [1.29, 1.82) is 0 Å². The highest BCUT2D eigenvalue weighted by Gasteiger charge is 2.36. The van der Waals surface area contributed by atoms with Gasteiger partial charge in [0.2, 0.25) is 0 Å². The maximum Gasteiger partial charge on any atom is 0.413 e. The summed E-state index contributed by atoms with van der Waals surface area (Å²) in [7, 11) is 0. The van der Waals surface area contributed by atoms with E-state index in [4.69, 9.17) is 14.2 Å². The molecule has 2 aliphatic heterocycles. The van der Waals surface area contributed by atoms with Crippen LogP contribution in [-0.4, -0.2) is 43.3 Å². The van der Waals surface area contributed by atoms with Crippen LogP contribution in [0, 0.1) is 0 Å². The lowest BCUT2D eigenvalue weighted by atomic mass is 10.2. The van der Waals surface area contributed by atoms with Gasteiger partial charge in [0, 0.05) is 13.2 Å². The second kappa shape index (κ2) is 5.50. The fourth-order valence-electron chi connectivity index (χ4n) is 2.18. The fraction of sp³-hybridized carbons (Fsp3) is 0.909. The van der Waals surface area contributed by atoms with Crippen LogP contribution in [0.4, 0.5) is 4.79 Å². The van der Waals surface area contributed by atoms with Crippen LogP contribution in [0.25, 0.3) is 0 Å². The number of carbonyl (C=O) groups is 1. The Kier molecular flexibility index (Phi) is 4.01. The van der Waals surface area contributed by atoms with Gasteiger partial charge in [-0.3, -0.25) is 4.90 Å². The summed E-state index contributed by atoms with van der Waals surface area (Å²) < 4.78 is 16.1. The molecule has 92 valence electrons. The molecule has 1 amide bonds. The molecule has 2 heterocycles. The van der Waals surface area contributed by atoms with Gasteiger partial charge in [0.05, 0.1) is 6.61 Å². The highest BCUT2D eigenvalue weighted by Crippen LogP contribution is 2.25. The van der Waals surface area contributed by atoms with Gasteiger partial charge in [-0.25, -0.2) is 4.79 Å². The second-order valence-corrected chi connectivity index (χ2v) is 4.04. The zero-order valence-electron chi connectivity index (χ0n) is 9.68. The Morgan fingerprint density at radius 1 is 1.25 bits per heavy atom. The number of nitrogens with zero attached hydrogens (tertiary/aromatic N) is 1. The zero-order valence-corrected chi connectivity index (χ0v) is 9.68. The minimum atomic E-state index is -0.318. The van der Waals surface area contributed by atoms with E-state index in [9.17, 15) is 4.79 Å². The molecule has 0 radical (unpaired) electrons. The molecule has 0 aromatic rings. The molecule has 0 aromatic carbocycles. The number of ether oxygens (including phenoxy) is 3. The number of hydrogen-bond donors (Lipinski definition) is 0. The van der Waals surface area contributed by atoms with Gasteiger partial charge in [0.1, 0.15) is 12.5 Å². The van der Waals surface area contributed by atoms with Gasteiger partial charge in [0.15, 0.2) is 0 Å². The Labute approximate surface area is 95.6 Å². The summed E-state index contributed by atoms with van der Waals surface area (Å²) in [5.41, 5.74) is 0. The van der Waals surface area contributed by atoms with Crippen LogP contribution in [0.15, 0.2) is 0 Å². The first kappa shape index (κ1) is 11.7. The van der Waals surface area contributed by atoms with E-state index in [0.29, 0.717) is 19.8 Å². The Morgan fingerprint density at radius 3 is 2.19 bits per heavy atom. The van der Waals surface area contributed by atoms with E-state index in [0.717, 1.165) is 25.7 Å². The zero-order chi connectivity index (χ0) is 11.4. The SMILES string of the molecule is CCOC(=O)N(C1CCCO1)C1CCCO1. The highest BCUT2D eigenvalue weighted by molar-refractivity contribution is 5.68. The Hall–Kier alpha value is -0.810. The summed E-state index contributed by atoms with van der Waals surface area (Å²) >= 11 is 0. The molecule has 0 N–H and O–H groups in total. The van der Waals surface area contributed by atoms with E-state index in [1.54, 1.807) is 11.8 Å². The van der Waals surface area contributed by atoms with Crippen molar-refractivity contribution in [2.75, 3.05) is 19.8 Å². The van der Waals surface area contributed by atoms with Gasteiger partial charge < -0.3 is 14.2 Å². The van der Waals surface area contributed by atoms with Gasteiger partial charge in [-0.2, -0.15) is 0 Å². The lowest BCUT2D eigenvalue weighted by Gasteiger charge is -2.31. The smallest absolute Gasteiger partial charge is 0.413 e. The molecule has 2 unspecified atom stereocenters. The van der Waals surface area contributed by atoms with E-state index < -0.39 is 0 Å².